The number of aromatic nitrogens is 2. The van der Waals surface area contributed by atoms with Crippen molar-refractivity contribution < 1.29 is 14.3 Å². The van der Waals surface area contributed by atoms with Gasteiger partial charge in [0.2, 0.25) is 0 Å². The van der Waals surface area contributed by atoms with Crippen LogP contribution in [0, 0.1) is 0 Å². The SMILES string of the molecule is COC(=O)c1ccc(Cl)c(Nc2ccnc(C(=O)NCc3ccccn3)c2)c1. The Morgan fingerprint density at radius 2 is 1.93 bits per heavy atom. The molecule has 0 saturated carbocycles. The van der Waals surface area contributed by atoms with Crippen LogP contribution in [0.25, 0.3) is 0 Å². The Labute approximate surface area is 166 Å². The van der Waals surface area contributed by atoms with Gasteiger partial charge in [-0.05, 0) is 42.5 Å². The van der Waals surface area contributed by atoms with Gasteiger partial charge in [0.25, 0.3) is 5.91 Å². The highest BCUT2D eigenvalue weighted by atomic mass is 35.5. The lowest BCUT2D eigenvalue weighted by Gasteiger charge is -2.11. The number of halogens is 1. The summed E-state index contributed by atoms with van der Waals surface area (Å²) in [5.41, 5.74) is 2.45. The number of nitrogens with zero attached hydrogens (tertiary/aromatic N) is 2. The zero-order valence-electron chi connectivity index (χ0n) is 15.0. The van der Waals surface area contributed by atoms with E-state index in [1.165, 1.54) is 13.3 Å². The van der Waals surface area contributed by atoms with Crippen LogP contribution < -0.4 is 10.6 Å². The maximum atomic E-state index is 12.4. The molecule has 0 radical (unpaired) electrons. The molecule has 7 nitrogen and oxygen atoms in total. The predicted molar refractivity (Wildman–Crippen MR) is 106 cm³/mol. The van der Waals surface area contributed by atoms with Crippen molar-refractivity contribution in [3.63, 3.8) is 0 Å². The molecule has 2 N–H and O–H groups in total. The first kappa shape index (κ1) is 19.3. The summed E-state index contributed by atoms with van der Waals surface area (Å²) in [4.78, 5) is 32.3. The summed E-state index contributed by atoms with van der Waals surface area (Å²) in [6, 6.07) is 13.5. The minimum absolute atomic E-state index is 0.237. The van der Waals surface area contributed by atoms with Crippen molar-refractivity contribution in [3.8, 4) is 0 Å². The lowest BCUT2D eigenvalue weighted by molar-refractivity contribution is 0.0600. The van der Waals surface area contributed by atoms with Gasteiger partial charge < -0.3 is 15.4 Å². The fourth-order valence-corrected chi connectivity index (χ4v) is 2.58. The molecule has 1 aromatic carbocycles. The second kappa shape index (κ2) is 8.96. The maximum Gasteiger partial charge on any atom is 0.337 e. The van der Waals surface area contributed by atoms with Gasteiger partial charge in [-0.25, -0.2) is 4.79 Å². The van der Waals surface area contributed by atoms with Crippen LogP contribution >= 0.6 is 11.6 Å². The average molecular weight is 397 g/mol. The number of ether oxygens (including phenoxy) is 1. The van der Waals surface area contributed by atoms with Crippen molar-refractivity contribution in [1.82, 2.24) is 15.3 Å². The number of anilines is 2. The number of esters is 1. The van der Waals surface area contributed by atoms with Gasteiger partial charge in [-0.3, -0.25) is 14.8 Å². The van der Waals surface area contributed by atoms with Crippen molar-refractivity contribution in [2.45, 2.75) is 6.54 Å². The fraction of sp³-hybridized carbons (Fsp3) is 0.100. The Balaban J connectivity index is 1.73. The molecule has 3 rings (SSSR count). The van der Waals surface area contributed by atoms with Gasteiger partial charge in [0, 0.05) is 18.1 Å². The molecular weight excluding hydrogens is 380 g/mol. The van der Waals surface area contributed by atoms with E-state index in [0.29, 0.717) is 28.5 Å². The number of hydrogen-bond donors (Lipinski definition) is 2. The van der Waals surface area contributed by atoms with E-state index in [4.69, 9.17) is 16.3 Å². The van der Waals surface area contributed by atoms with Crippen LogP contribution in [0.1, 0.15) is 26.5 Å². The Morgan fingerprint density at radius 1 is 1.07 bits per heavy atom. The molecule has 2 heterocycles. The molecule has 0 atom stereocenters. The number of carbonyl (C=O) groups excluding carboxylic acids is 2. The Morgan fingerprint density at radius 3 is 2.68 bits per heavy atom. The van der Waals surface area contributed by atoms with E-state index in [1.807, 2.05) is 18.2 Å². The van der Waals surface area contributed by atoms with E-state index in [1.54, 1.807) is 36.5 Å². The van der Waals surface area contributed by atoms with Gasteiger partial charge in [0.05, 0.1) is 35.6 Å². The molecule has 0 unspecified atom stereocenters. The predicted octanol–water partition coefficient (Wildman–Crippen LogP) is 3.59. The van der Waals surface area contributed by atoms with Crippen LogP contribution in [0.3, 0.4) is 0 Å². The highest BCUT2D eigenvalue weighted by Gasteiger charge is 2.11. The van der Waals surface area contributed by atoms with Gasteiger partial charge in [-0.1, -0.05) is 17.7 Å². The number of nitrogens with one attached hydrogen (secondary N) is 2. The molecule has 3 aromatic rings. The van der Waals surface area contributed by atoms with E-state index >= 15 is 0 Å². The molecule has 2 aromatic heterocycles. The molecule has 142 valence electrons. The summed E-state index contributed by atoms with van der Waals surface area (Å²) in [5.74, 6) is -0.798. The van der Waals surface area contributed by atoms with E-state index in [2.05, 4.69) is 20.6 Å². The molecule has 0 fully saturated rings. The monoisotopic (exact) mass is 396 g/mol. The lowest BCUT2D eigenvalue weighted by Crippen LogP contribution is -2.24. The molecular formula is C20H17ClN4O3. The quantitative estimate of drug-likeness (QED) is 0.618. The first-order valence-electron chi connectivity index (χ1n) is 8.36. The number of benzene rings is 1. The van der Waals surface area contributed by atoms with E-state index in [9.17, 15) is 9.59 Å². The van der Waals surface area contributed by atoms with Gasteiger partial charge in [-0.15, -0.1) is 0 Å². The largest absolute Gasteiger partial charge is 0.465 e. The van der Waals surface area contributed by atoms with Crippen molar-refractivity contribution >= 4 is 34.9 Å². The standard InChI is InChI=1S/C20H17ClN4O3/c1-28-20(27)13-5-6-16(21)17(10-13)25-14-7-9-23-18(11-14)19(26)24-12-15-4-2-3-8-22-15/h2-11H,12H2,1H3,(H,23,25)(H,24,26). The lowest BCUT2D eigenvalue weighted by atomic mass is 10.2. The minimum Gasteiger partial charge on any atom is -0.465 e. The Hall–Kier alpha value is -3.45. The third-order valence-corrected chi connectivity index (χ3v) is 4.14. The minimum atomic E-state index is -0.468. The first-order chi connectivity index (χ1) is 13.6. The molecule has 0 spiro atoms. The maximum absolute atomic E-state index is 12.4. The molecule has 1 amide bonds. The van der Waals surface area contributed by atoms with E-state index in [-0.39, 0.29) is 11.6 Å². The Bertz CT molecular complexity index is 996. The number of pyridine rings is 2. The summed E-state index contributed by atoms with van der Waals surface area (Å²) < 4.78 is 4.72. The molecule has 0 aliphatic rings. The number of rotatable bonds is 6. The highest BCUT2D eigenvalue weighted by molar-refractivity contribution is 6.33. The van der Waals surface area contributed by atoms with Crippen molar-refractivity contribution in [2.75, 3.05) is 12.4 Å². The number of amides is 1. The molecule has 8 heteroatoms. The van der Waals surface area contributed by atoms with Crippen LogP contribution in [0.5, 0.6) is 0 Å². The zero-order valence-corrected chi connectivity index (χ0v) is 15.7. The summed E-state index contributed by atoms with van der Waals surface area (Å²) in [6.45, 7) is 0.298. The van der Waals surface area contributed by atoms with Gasteiger partial charge in [0.1, 0.15) is 5.69 Å². The molecule has 0 saturated heterocycles. The molecule has 0 aliphatic heterocycles. The fourth-order valence-electron chi connectivity index (χ4n) is 2.42. The molecule has 0 aliphatic carbocycles. The third-order valence-electron chi connectivity index (χ3n) is 3.82. The van der Waals surface area contributed by atoms with E-state index in [0.717, 1.165) is 5.69 Å². The number of methoxy groups -OCH3 is 1. The van der Waals surface area contributed by atoms with Gasteiger partial charge >= 0.3 is 5.97 Å². The van der Waals surface area contributed by atoms with E-state index < -0.39 is 5.97 Å². The summed E-state index contributed by atoms with van der Waals surface area (Å²) in [7, 11) is 1.31. The summed E-state index contributed by atoms with van der Waals surface area (Å²) in [5, 5.41) is 6.28. The van der Waals surface area contributed by atoms with Crippen molar-refractivity contribution in [1.29, 1.82) is 0 Å². The van der Waals surface area contributed by atoms with Crippen molar-refractivity contribution in [3.05, 3.63) is 82.9 Å². The van der Waals surface area contributed by atoms with Crippen LogP contribution in [0.2, 0.25) is 5.02 Å². The summed E-state index contributed by atoms with van der Waals surface area (Å²) in [6.07, 6.45) is 3.17. The number of hydrogen-bond acceptors (Lipinski definition) is 6. The third kappa shape index (κ3) is 4.83. The van der Waals surface area contributed by atoms with Crippen LogP contribution in [0.15, 0.2) is 60.9 Å². The normalized spacial score (nSPS) is 10.2. The zero-order chi connectivity index (χ0) is 19.9. The van der Waals surface area contributed by atoms with Crippen LogP contribution in [-0.2, 0) is 11.3 Å². The van der Waals surface area contributed by atoms with Crippen LogP contribution in [0.4, 0.5) is 11.4 Å². The van der Waals surface area contributed by atoms with Gasteiger partial charge in [0.15, 0.2) is 0 Å². The first-order valence-corrected chi connectivity index (χ1v) is 8.73. The van der Waals surface area contributed by atoms with Crippen LogP contribution in [-0.4, -0.2) is 29.0 Å². The number of carbonyl (C=O) groups is 2. The average Bonchev–Trinajstić information content (AvgIpc) is 2.74. The topological polar surface area (TPSA) is 93.2 Å². The summed E-state index contributed by atoms with van der Waals surface area (Å²) >= 11 is 6.20. The Kier molecular flexibility index (Phi) is 6.18. The highest BCUT2D eigenvalue weighted by Crippen LogP contribution is 2.27. The van der Waals surface area contributed by atoms with Crippen molar-refractivity contribution in [2.24, 2.45) is 0 Å². The second-order valence-corrected chi connectivity index (χ2v) is 6.15. The second-order valence-electron chi connectivity index (χ2n) is 5.74. The smallest absolute Gasteiger partial charge is 0.337 e. The molecule has 0 bridgehead atoms. The van der Waals surface area contributed by atoms with Gasteiger partial charge in [-0.2, -0.15) is 0 Å². The molecule has 28 heavy (non-hydrogen) atoms.